The van der Waals surface area contributed by atoms with E-state index in [2.05, 4.69) is 211 Å². The molecule has 4 bridgehead atoms. The van der Waals surface area contributed by atoms with Gasteiger partial charge in [-0.2, -0.15) is 0 Å². The number of fused-ring (bicyclic) bond motifs is 8. The van der Waals surface area contributed by atoms with E-state index in [-0.39, 0.29) is 23.0 Å². The standard InChI is InChI=1S/C62H77BN2/c1-56(2,3)40-19-24-46(25-20-40)65-52-27-21-41(57(4,5)6)35-50(52)63-49-32-39(48-34-43-29-31-62(48,15)60(43,12)13)18-26-51(49)64(53-36-44(58(7,8)9)37-54(65)55(53)63)45-22-16-38(17-23-45)47-33-42-28-30-61(47,14)59(42,10)11/h16-27,32,35-37,42-43,47-48H,28-31,33-34H2,1-15H3. The Bertz CT molecular complexity index is 2730. The lowest BCUT2D eigenvalue weighted by molar-refractivity contribution is 0.134. The van der Waals surface area contributed by atoms with Gasteiger partial charge in [0.15, 0.2) is 0 Å². The van der Waals surface area contributed by atoms with Gasteiger partial charge in [-0.1, -0.05) is 152 Å². The van der Waals surface area contributed by atoms with Gasteiger partial charge in [0.2, 0.25) is 0 Å². The quantitative estimate of drug-likeness (QED) is 0.163. The molecule has 0 radical (unpaired) electrons. The van der Waals surface area contributed by atoms with Crippen LogP contribution in [0.2, 0.25) is 0 Å². The van der Waals surface area contributed by atoms with Crippen molar-refractivity contribution < 1.29 is 0 Å². The first-order chi connectivity index (χ1) is 30.3. The second-order valence-corrected chi connectivity index (χ2v) is 26.8. The molecule has 6 aliphatic rings. The highest BCUT2D eigenvalue weighted by Crippen LogP contribution is 2.72. The first kappa shape index (κ1) is 43.3. The minimum atomic E-state index is -0.0626. The summed E-state index contributed by atoms with van der Waals surface area (Å²) in [6.07, 6.45) is 8.06. The molecule has 4 aliphatic carbocycles. The van der Waals surface area contributed by atoms with Crippen molar-refractivity contribution in [2.24, 2.45) is 33.5 Å². The molecule has 65 heavy (non-hydrogen) atoms. The van der Waals surface area contributed by atoms with Gasteiger partial charge in [0, 0.05) is 34.1 Å². The van der Waals surface area contributed by atoms with E-state index in [0.29, 0.717) is 33.5 Å². The molecule has 4 fully saturated rings. The van der Waals surface area contributed by atoms with Crippen molar-refractivity contribution in [3.63, 3.8) is 0 Å². The maximum Gasteiger partial charge on any atom is 0.252 e. The average Bonchev–Trinajstić information content (AvgIpc) is 3.78. The number of hydrogen-bond donors (Lipinski definition) is 0. The van der Waals surface area contributed by atoms with Crippen LogP contribution in [-0.4, -0.2) is 6.71 Å². The lowest BCUT2D eigenvalue weighted by Crippen LogP contribution is -2.61. The van der Waals surface area contributed by atoms with Gasteiger partial charge in [0.25, 0.3) is 6.71 Å². The summed E-state index contributed by atoms with van der Waals surface area (Å²) in [5, 5.41) is 0. The first-order valence-corrected chi connectivity index (χ1v) is 25.6. The van der Waals surface area contributed by atoms with Gasteiger partial charge >= 0.3 is 0 Å². The Morgan fingerprint density at radius 2 is 0.862 bits per heavy atom. The van der Waals surface area contributed by atoms with Crippen LogP contribution < -0.4 is 26.2 Å². The fourth-order valence-corrected chi connectivity index (χ4v) is 15.1. The van der Waals surface area contributed by atoms with Gasteiger partial charge in [-0.3, -0.25) is 0 Å². The highest BCUT2D eigenvalue weighted by Gasteiger charge is 2.62. The van der Waals surface area contributed by atoms with Crippen LogP contribution >= 0.6 is 0 Å². The third-order valence-electron chi connectivity index (χ3n) is 20.4. The molecular weight excluding hydrogens is 784 g/mol. The van der Waals surface area contributed by atoms with Gasteiger partial charge in [0.1, 0.15) is 0 Å². The van der Waals surface area contributed by atoms with E-state index in [1.807, 2.05) is 0 Å². The van der Waals surface area contributed by atoms with Crippen LogP contribution in [0.1, 0.15) is 182 Å². The van der Waals surface area contributed by atoms with Gasteiger partial charge in [-0.15, -0.1) is 0 Å². The maximum absolute atomic E-state index is 2.72. The molecule has 0 aromatic heterocycles. The Hall–Kier alpha value is -4.24. The molecule has 2 heterocycles. The molecule has 5 aromatic carbocycles. The number of benzene rings is 5. The summed E-state index contributed by atoms with van der Waals surface area (Å²) in [6.45, 7) is 36.9. The highest BCUT2D eigenvalue weighted by molar-refractivity contribution is 7.00. The molecular formula is C62H77BN2. The Morgan fingerprint density at radius 3 is 1.31 bits per heavy atom. The number of anilines is 6. The zero-order chi connectivity index (χ0) is 46.2. The van der Waals surface area contributed by atoms with Crippen molar-refractivity contribution in [1.82, 2.24) is 0 Å². The van der Waals surface area contributed by atoms with E-state index in [9.17, 15) is 0 Å². The molecule has 0 amide bonds. The predicted molar refractivity (Wildman–Crippen MR) is 281 cm³/mol. The molecule has 2 nitrogen and oxygen atoms in total. The number of hydrogen-bond acceptors (Lipinski definition) is 2. The molecule has 6 unspecified atom stereocenters. The summed E-state index contributed by atoms with van der Waals surface area (Å²) in [5.41, 5.74) is 20.7. The van der Waals surface area contributed by atoms with Crippen molar-refractivity contribution in [2.75, 3.05) is 9.80 Å². The molecule has 0 spiro atoms. The van der Waals surface area contributed by atoms with E-state index < -0.39 is 0 Å². The summed E-state index contributed by atoms with van der Waals surface area (Å²) in [4.78, 5) is 5.32. The van der Waals surface area contributed by atoms with E-state index in [1.54, 1.807) is 5.56 Å². The van der Waals surface area contributed by atoms with Gasteiger partial charge in [-0.05, 0) is 193 Å². The van der Waals surface area contributed by atoms with Crippen LogP contribution in [0, 0.1) is 33.5 Å². The molecule has 3 heteroatoms. The second-order valence-electron chi connectivity index (χ2n) is 26.8. The van der Waals surface area contributed by atoms with Crippen molar-refractivity contribution >= 4 is 57.2 Å². The minimum absolute atomic E-state index is 0.00883. The first-order valence-electron chi connectivity index (χ1n) is 25.6. The van der Waals surface area contributed by atoms with Crippen molar-refractivity contribution in [2.45, 2.75) is 170 Å². The fourth-order valence-electron chi connectivity index (χ4n) is 15.1. The molecule has 338 valence electrons. The van der Waals surface area contributed by atoms with E-state index >= 15 is 0 Å². The summed E-state index contributed by atoms with van der Waals surface area (Å²) in [5.74, 6) is 2.79. The molecule has 0 N–H and O–H groups in total. The Balaban J connectivity index is 1.17. The zero-order valence-corrected chi connectivity index (χ0v) is 42.8. The van der Waals surface area contributed by atoms with Crippen LogP contribution in [-0.2, 0) is 16.2 Å². The van der Waals surface area contributed by atoms with Crippen molar-refractivity contribution in [3.05, 3.63) is 125 Å². The molecule has 4 saturated carbocycles. The highest BCUT2D eigenvalue weighted by atomic mass is 15.2. The summed E-state index contributed by atoms with van der Waals surface area (Å²) >= 11 is 0. The fraction of sp³-hybridized carbons (Fsp3) is 0.516. The molecule has 5 aromatic rings. The summed E-state index contributed by atoms with van der Waals surface area (Å²) in [7, 11) is 0. The Kier molecular flexibility index (Phi) is 9.13. The number of nitrogens with zero attached hydrogens (tertiary/aromatic N) is 2. The largest absolute Gasteiger partial charge is 0.311 e. The van der Waals surface area contributed by atoms with Gasteiger partial charge < -0.3 is 9.80 Å². The monoisotopic (exact) mass is 861 g/mol. The predicted octanol–water partition coefficient (Wildman–Crippen LogP) is 15.5. The minimum Gasteiger partial charge on any atom is -0.311 e. The molecule has 0 saturated heterocycles. The maximum atomic E-state index is 2.72. The van der Waals surface area contributed by atoms with E-state index in [0.717, 1.165) is 11.8 Å². The third kappa shape index (κ3) is 6.04. The zero-order valence-electron chi connectivity index (χ0n) is 42.8. The van der Waals surface area contributed by atoms with Crippen LogP contribution in [0.5, 0.6) is 0 Å². The van der Waals surface area contributed by atoms with E-state index in [4.69, 9.17) is 0 Å². The second kappa shape index (κ2) is 13.7. The Labute approximate surface area is 394 Å². The SMILES string of the molecule is CC(C)(C)c1ccc(N2c3ccc(C(C)(C)C)cc3B3c4cc(C5CC6CCC5(C)C6(C)C)ccc4N(c4ccc(C5CC6CCC5(C)C6(C)C)cc4)c4cc(C(C)(C)C)cc2c43)cc1. The number of rotatable bonds is 4. The lowest BCUT2D eigenvalue weighted by Gasteiger charge is -2.46. The van der Waals surface area contributed by atoms with E-state index in [1.165, 1.54) is 111 Å². The van der Waals surface area contributed by atoms with Crippen molar-refractivity contribution in [1.29, 1.82) is 0 Å². The molecule has 11 rings (SSSR count). The average molecular weight is 861 g/mol. The molecule has 6 atom stereocenters. The van der Waals surface area contributed by atoms with Crippen LogP contribution in [0.15, 0.2) is 97.1 Å². The van der Waals surface area contributed by atoms with Crippen LogP contribution in [0.3, 0.4) is 0 Å². The topological polar surface area (TPSA) is 6.48 Å². The smallest absolute Gasteiger partial charge is 0.252 e. The van der Waals surface area contributed by atoms with Gasteiger partial charge in [-0.25, -0.2) is 0 Å². The van der Waals surface area contributed by atoms with Gasteiger partial charge in [0.05, 0.1) is 0 Å². The van der Waals surface area contributed by atoms with Crippen molar-refractivity contribution in [3.8, 4) is 0 Å². The summed E-state index contributed by atoms with van der Waals surface area (Å²) in [6, 6.07) is 40.0. The Morgan fingerprint density at radius 1 is 0.446 bits per heavy atom. The van der Waals surface area contributed by atoms with Crippen LogP contribution in [0.25, 0.3) is 0 Å². The normalized spacial score (nSPS) is 28.1. The third-order valence-corrected chi connectivity index (χ3v) is 20.4. The molecule has 2 aliphatic heterocycles. The van der Waals surface area contributed by atoms with Crippen LogP contribution in [0.4, 0.5) is 34.1 Å². The summed E-state index contributed by atoms with van der Waals surface area (Å²) < 4.78 is 0. The lowest BCUT2D eigenvalue weighted by atomic mass is 9.33.